The largest absolute Gasteiger partial charge is 0.461 e. The molecule has 0 bridgehead atoms. The van der Waals surface area contributed by atoms with Crippen molar-refractivity contribution < 1.29 is 9.53 Å². The number of benzene rings is 1. The highest BCUT2D eigenvalue weighted by Gasteiger charge is 2.22. The molecule has 0 N–H and O–H groups in total. The molecule has 0 amide bonds. The van der Waals surface area contributed by atoms with E-state index < -0.39 is 0 Å². The summed E-state index contributed by atoms with van der Waals surface area (Å²) >= 11 is 0. The molecule has 1 aromatic carbocycles. The average molecular weight is 246 g/mol. The van der Waals surface area contributed by atoms with Crippen molar-refractivity contribution in [3.63, 3.8) is 0 Å². The van der Waals surface area contributed by atoms with Crippen LogP contribution < -0.4 is 0 Å². The lowest BCUT2D eigenvalue weighted by Gasteiger charge is -2.20. The van der Waals surface area contributed by atoms with Crippen molar-refractivity contribution in [2.45, 2.75) is 52.6 Å². The standard InChI is InChI=1S/C16H22O2/c1-12-7-6-10-15(13(12)2)11-18-16(17)14-8-4-3-5-9-14/h6-7,10,14H,3-5,8-9,11H2,1-2H3. The maximum Gasteiger partial charge on any atom is 0.309 e. The summed E-state index contributed by atoms with van der Waals surface area (Å²) in [6.45, 7) is 4.59. The summed E-state index contributed by atoms with van der Waals surface area (Å²) in [6.07, 6.45) is 5.62. The number of hydrogen-bond donors (Lipinski definition) is 0. The fraction of sp³-hybridized carbons (Fsp3) is 0.562. The van der Waals surface area contributed by atoms with Gasteiger partial charge in [0.05, 0.1) is 5.92 Å². The van der Waals surface area contributed by atoms with Gasteiger partial charge >= 0.3 is 5.97 Å². The lowest BCUT2D eigenvalue weighted by atomic mass is 9.89. The first-order chi connectivity index (χ1) is 8.68. The van der Waals surface area contributed by atoms with E-state index in [1.165, 1.54) is 30.4 Å². The van der Waals surface area contributed by atoms with Gasteiger partial charge in [-0.1, -0.05) is 37.5 Å². The maximum atomic E-state index is 11.9. The number of hydrogen-bond acceptors (Lipinski definition) is 2. The number of carbonyl (C=O) groups is 1. The molecule has 1 aliphatic rings. The van der Waals surface area contributed by atoms with E-state index in [9.17, 15) is 4.79 Å². The zero-order valence-electron chi connectivity index (χ0n) is 11.4. The van der Waals surface area contributed by atoms with E-state index in [-0.39, 0.29) is 11.9 Å². The third-order valence-electron chi connectivity index (χ3n) is 4.03. The van der Waals surface area contributed by atoms with Crippen molar-refractivity contribution >= 4 is 5.97 Å². The second kappa shape index (κ2) is 6.03. The molecule has 2 heteroatoms. The van der Waals surface area contributed by atoms with E-state index in [4.69, 9.17) is 4.74 Å². The molecule has 0 aromatic heterocycles. The van der Waals surface area contributed by atoms with Crippen LogP contribution in [-0.2, 0) is 16.1 Å². The van der Waals surface area contributed by atoms with Gasteiger partial charge in [0.1, 0.15) is 6.61 Å². The highest BCUT2D eigenvalue weighted by molar-refractivity contribution is 5.72. The van der Waals surface area contributed by atoms with E-state index in [1.807, 2.05) is 12.1 Å². The summed E-state index contributed by atoms with van der Waals surface area (Å²) in [7, 11) is 0. The van der Waals surface area contributed by atoms with Crippen LogP contribution in [0.1, 0.15) is 48.8 Å². The van der Waals surface area contributed by atoms with Gasteiger partial charge in [-0.05, 0) is 43.4 Å². The van der Waals surface area contributed by atoms with Crippen molar-refractivity contribution in [1.29, 1.82) is 0 Å². The lowest BCUT2D eigenvalue weighted by molar-refractivity contribution is -0.151. The van der Waals surface area contributed by atoms with Gasteiger partial charge in [0.2, 0.25) is 0 Å². The van der Waals surface area contributed by atoms with Gasteiger partial charge in [-0.2, -0.15) is 0 Å². The molecule has 2 nitrogen and oxygen atoms in total. The molecule has 0 aliphatic heterocycles. The van der Waals surface area contributed by atoms with E-state index in [1.54, 1.807) is 0 Å². The number of rotatable bonds is 3. The Morgan fingerprint density at radius 2 is 1.94 bits per heavy atom. The van der Waals surface area contributed by atoms with Gasteiger partial charge in [0, 0.05) is 0 Å². The fourth-order valence-electron chi connectivity index (χ4n) is 2.57. The average Bonchev–Trinajstić information content (AvgIpc) is 2.41. The Labute approximate surface area is 109 Å². The van der Waals surface area contributed by atoms with Crippen molar-refractivity contribution in [2.24, 2.45) is 5.92 Å². The molecule has 98 valence electrons. The molecule has 1 aliphatic carbocycles. The summed E-state index contributed by atoms with van der Waals surface area (Å²) in [4.78, 5) is 11.9. The Morgan fingerprint density at radius 1 is 1.22 bits per heavy atom. The van der Waals surface area contributed by atoms with Crippen LogP contribution in [-0.4, -0.2) is 5.97 Å². The van der Waals surface area contributed by atoms with Crippen LogP contribution in [0.15, 0.2) is 18.2 Å². The maximum absolute atomic E-state index is 11.9. The Morgan fingerprint density at radius 3 is 2.67 bits per heavy atom. The number of carbonyl (C=O) groups excluding carboxylic acids is 1. The van der Waals surface area contributed by atoms with Crippen molar-refractivity contribution in [1.82, 2.24) is 0 Å². The molecule has 0 atom stereocenters. The van der Waals surface area contributed by atoms with Gasteiger partial charge in [0.25, 0.3) is 0 Å². The van der Waals surface area contributed by atoms with E-state index in [2.05, 4.69) is 19.9 Å². The third-order valence-corrected chi connectivity index (χ3v) is 4.03. The molecule has 0 spiro atoms. The topological polar surface area (TPSA) is 26.3 Å². The van der Waals surface area contributed by atoms with Gasteiger partial charge in [0.15, 0.2) is 0 Å². The number of esters is 1. The molecule has 0 radical (unpaired) electrons. The Hall–Kier alpha value is -1.31. The minimum absolute atomic E-state index is 0.00407. The quantitative estimate of drug-likeness (QED) is 0.755. The van der Waals surface area contributed by atoms with Crippen LogP contribution in [0.3, 0.4) is 0 Å². The van der Waals surface area contributed by atoms with Crippen LogP contribution >= 0.6 is 0 Å². The highest BCUT2D eigenvalue weighted by atomic mass is 16.5. The molecule has 0 saturated heterocycles. The lowest BCUT2D eigenvalue weighted by Crippen LogP contribution is -2.20. The van der Waals surface area contributed by atoms with Crippen molar-refractivity contribution in [3.8, 4) is 0 Å². The minimum atomic E-state index is -0.00407. The van der Waals surface area contributed by atoms with E-state index in [0.29, 0.717) is 6.61 Å². The smallest absolute Gasteiger partial charge is 0.309 e. The van der Waals surface area contributed by atoms with Gasteiger partial charge in [-0.25, -0.2) is 0 Å². The Balaban J connectivity index is 1.90. The molecule has 1 fully saturated rings. The zero-order chi connectivity index (χ0) is 13.0. The Bertz CT molecular complexity index is 417. The highest BCUT2D eigenvalue weighted by Crippen LogP contribution is 2.25. The molecular weight excluding hydrogens is 224 g/mol. The van der Waals surface area contributed by atoms with Crippen LogP contribution in [0.2, 0.25) is 0 Å². The summed E-state index contributed by atoms with van der Waals surface area (Å²) < 4.78 is 5.46. The molecular formula is C16H22O2. The molecule has 1 aromatic rings. The monoisotopic (exact) mass is 246 g/mol. The van der Waals surface area contributed by atoms with Crippen molar-refractivity contribution in [3.05, 3.63) is 34.9 Å². The number of ether oxygens (including phenoxy) is 1. The second-order valence-electron chi connectivity index (χ2n) is 5.30. The molecule has 0 heterocycles. The SMILES string of the molecule is Cc1cccc(COC(=O)C2CCCCC2)c1C. The summed E-state index contributed by atoms with van der Waals surface area (Å²) in [6, 6.07) is 6.14. The minimum Gasteiger partial charge on any atom is -0.461 e. The third kappa shape index (κ3) is 3.12. The summed E-state index contributed by atoms with van der Waals surface area (Å²) in [5, 5.41) is 0. The molecule has 2 rings (SSSR count). The zero-order valence-corrected chi connectivity index (χ0v) is 11.4. The van der Waals surface area contributed by atoms with Crippen LogP contribution in [0.5, 0.6) is 0 Å². The van der Waals surface area contributed by atoms with E-state index >= 15 is 0 Å². The first-order valence-electron chi connectivity index (χ1n) is 6.90. The first kappa shape index (κ1) is 13.1. The van der Waals surface area contributed by atoms with Gasteiger partial charge < -0.3 is 4.74 Å². The molecule has 0 unspecified atom stereocenters. The van der Waals surface area contributed by atoms with Crippen LogP contribution in [0, 0.1) is 19.8 Å². The first-order valence-corrected chi connectivity index (χ1v) is 6.90. The summed E-state index contributed by atoms with van der Waals surface area (Å²) in [5.74, 6) is 0.138. The molecule has 18 heavy (non-hydrogen) atoms. The predicted molar refractivity (Wildman–Crippen MR) is 72.3 cm³/mol. The van der Waals surface area contributed by atoms with Gasteiger partial charge in [-0.15, -0.1) is 0 Å². The van der Waals surface area contributed by atoms with E-state index in [0.717, 1.165) is 18.4 Å². The second-order valence-corrected chi connectivity index (χ2v) is 5.30. The Kier molecular flexibility index (Phi) is 4.40. The number of aryl methyl sites for hydroxylation is 1. The van der Waals surface area contributed by atoms with Crippen LogP contribution in [0.25, 0.3) is 0 Å². The van der Waals surface area contributed by atoms with Crippen LogP contribution in [0.4, 0.5) is 0 Å². The predicted octanol–water partition coefficient (Wildman–Crippen LogP) is 3.93. The fourth-order valence-corrected chi connectivity index (χ4v) is 2.57. The normalized spacial score (nSPS) is 16.6. The van der Waals surface area contributed by atoms with Crippen molar-refractivity contribution in [2.75, 3.05) is 0 Å². The molecule has 1 saturated carbocycles. The summed E-state index contributed by atoms with van der Waals surface area (Å²) in [5.41, 5.74) is 3.61. The van der Waals surface area contributed by atoms with Gasteiger partial charge in [-0.3, -0.25) is 4.79 Å².